The standard InChI is InChI=1S/C23H28N2O4S/c1-16-9-5-6-10-21(16)30-15-22(26)24-18-14-20(29-3)19(28-2)13-17(18)23(27)25-11-7-4-8-12-25/h5-6,9-10,13-14H,4,7-8,11-12,15H2,1-3H3,(H,24,26). The summed E-state index contributed by atoms with van der Waals surface area (Å²) in [5.41, 5.74) is 1.99. The van der Waals surface area contributed by atoms with E-state index in [-0.39, 0.29) is 17.6 Å². The lowest BCUT2D eigenvalue weighted by molar-refractivity contribution is -0.113. The Labute approximate surface area is 181 Å². The van der Waals surface area contributed by atoms with Gasteiger partial charge in [0.15, 0.2) is 11.5 Å². The van der Waals surface area contributed by atoms with Crippen LogP contribution >= 0.6 is 11.8 Å². The van der Waals surface area contributed by atoms with E-state index in [2.05, 4.69) is 5.32 Å². The molecule has 1 saturated heterocycles. The number of aryl methyl sites for hydroxylation is 1. The van der Waals surface area contributed by atoms with E-state index in [1.807, 2.05) is 36.1 Å². The summed E-state index contributed by atoms with van der Waals surface area (Å²) < 4.78 is 10.8. The minimum absolute atomic E-state index is 0.0995. The number of piperidine rings is 1. The van der Waals surface area contributed by atoms with Crippen molar-refractivity contribution >= 4 is 29.3 Å². The van der Waals surface area contributed by atoms with Crippen molar-refractivity contribution in [1.82, 2.24) is 4.90 Å². The Hall–Kier alpha value is -2.67. The summed E-state index contributed by atoms with van der Waals surface area (Å²) in [7, 11) is 3.06. The number of likely N-dealkylation sites (tertiary alicyclic amines) is 1. The summed E-state index contributed by atoms with van der Waals surface area (Å²) in [5.74, 6) is 0.900. The molecule has 0 radical (unpaired) electrons. The first-order valence-electron chi connectivity index (χ1n) is 10.1. The highest BCUT2D eigenvalue weighted by molar-refractivity contribution is 8.00. The van der Waals surface area contributed by atoms with Crippen LogP contribution in [0.25, 0.3) is 0 Å². The molecule has 160 valence electrons. The van der Waals surface area contributed by atoms with Crippen LogP contribution in [0.4, 0.5) is 5.69 Å². The van der Waals surface area contributed by atoms with Crippen molar-refractivity contribution in [2.75, 3.05) is 38.4 Å². The summed E-state index contributed by atoms with van der Waals surface area (Å²) in [5, 5.41) is 2.90. The van der Waals surface area contributed by atoms with E-state index < -0.39 is 0 Å². The van der Waals surface area contributed by atoms with Gasteiger partial charge in [-0.25, -0.2) is 0 Å². The second kappa shape index (κ2) is 10.4. The lowest BCUT2D eigenvalue weighted by atomic mass is 10.1. The van der Waals surface area contributed by atoms with Crippen molar-refractivity contribution in [3.63, 3.8) is 0 Å². The first kappa shape index (κ1) is 22.0. The van der Waals surface area contributed by atoms with Gasteiger partial charge in [-0.2, -0.15) is 0 Å². The number of carbonyl (C=O) groups excluding carboxylic acids is 2. The van der Waals surface area contributed by atoms with Crippen molar-refractivity contribution in [2.45, 2.75) is 31.1 Å². The maximum Gasteiger partial charge on any atom is 0.256 e. The topological polar surface area (TPSA) is 67.9 Å². The number of anilines is 1. The summed E-state index contributed by atoms with van der Waals surface area (Å²) in [6.45, 7) is 3.47. The van der Waals surface area contributed by atoms with Crippen LogP contribution in [0, 0.1) is 6.92 Å². The molecule has 2 aromatic rings. The molecule has 6 nitrogen and oxygen atoms in total. The van der Waals surface area contributed by atoms with Crippen LogP contribution in [0.5, 0.6) is 11.5 Å². The summed E-state index contributed by atoms with van der Waals surface area (Å²) >= 11 is 1.47. The van der Waals surface area contributed by atoms with Gasteiger partial charge in [-0.15, -0.1) is 11.8 Å². The third kappa shape index (κ3) is 5.27. The molecule has 0 aliphatic carbocycles. The van der Waals surface area contributed by atoms with Crippen LogP contribution in [0.3, 0.4) is 0 Å². The molecule has 7 heteroatoms. The molecule has 1 heterocycles. The molecule has 1 aliphatic rings. The second-order valence-corrected chi connectivity index (χ2v) is 8.23. The van der Waals surface area contributed by atoms with Crippen LogP contribution in [0.15, 0.2) is 41.3 Å². The first-order valence-corrected chi connectivity index (χ1v) is 11.1. The van der Waals surface area contributed by atoms with E-state index >= 15 is 0 Å². The Morgan fingerprint density at radius 2 is 1.70 bits per heavy atom. The van der Waals surface area contributed by atoms with E-state index in [0.29, 0.717) is 22.7 Å². The molecule has 0 bridgehead atoms. The Morgan fingerprint density at radius 3 is 2.37 bits per heavy atom. The number of ether oxygens (including phenoxy) is 2. The van der Waals surface area contributed by atoms with Crippen molar-refractivity contribution in [1.29, 1.82) is 0 Å². The van der Waals surface area contributed by atoms with Gasteiger partial charge < -0.3 is 19.7 Å². The van der Waals surface area contributed by atoms with Gasteiger partial charge in [0.05, 0.1) is 31.2 Å². The zero-order valence-electron chi connectivity index (χ0n) is 17.7. The molecule has 1 N–H and O–H groups in total. The zero-order valence-corrected chi connectivity index (χ0v) is 18.5. The number of hydrogen-bond acceptors (Lipinski definition) is 5. The normalized spacial score (nSPS) is 13.6. The minimum Gasteiger partial charge on any atom is -0.493 e. The second-order valence-electron chi connectivity index (χ2n) is 7.21. The van der Waals surface area contributed by atoms with Crippen LogP contribution in [-0.2, 0) is 4.79 Å². The fraction of sp³-hybridized carbons (Fsp3) is 0.391. The predicted molar refractivity (Wildman–Crippen MR) is 120 cm³/mol. The Bertz CT molecular complexity index is 910. The smallest absolute Gasteiger partial charge is 0.256 e. The van der Waals surface area contributed by atoms with Gasteiger partial charge in [-0.3, -0.25) is 9.59 Å². The lowest BCUT2D eigenvalue weighted by Crippen LogP contribution is -2.36. The third-order valence-corrected chi connectivity index (χ3v) is 6.30. The monoisotopic (exact) mass is 428 g/mol. The molecular weight excluding hydrogens is 400 g/mol. The molecule has 1 fully saturated rings. The van der Waals surface area contributed by atoms with Crippen LogP contribution in [0.1, 0.15) is 35.2 Å². The highest BCUT2D eigenvalue weighted by Gasteiger charge is 2.24. The zero-order chi connectivity index (χ0) is 21.5. The molecule has 3 rings (SSSR count). The number of thioether (sulfide) groups is 1. The van der Waals surface area contributed by atoms with Gasteiger partial charge in [-0.05, 0) is 43.9 Å². The first-order chi connectivity index (χ1) is 14.5. The number of nitrogens with one attached hydrogen (secondary N) is 1. The Balaban J connectivity index is 1.81. The average Bonchev–Trinajstić information content (AvgIpc) is 2.78. The summed E-state index contributed by atoms with van der Waals surface area (Å²) in [6.07, 6.45) is 3.12. The lowest BCUT2D eigenvalue weighted by Gasteiger charge is -2.28. The van der Waals surface area contributed by atoms with E-state index in [0.717, 1.165) is 42.8 Å². The highest BCUT2D eigenvalue weighted by atomic mass is 32.2. The van der Waals surface area contributed by atoms with Crippen molar-refractivity contribution in [3.8, 4) is 11.5 Å². The molecule has 30 heavy (non-hydrogen) atoms. The van der Waals surface area contributed by atoms with Gasteiger partial charge in [0, 0.05) is 24.1 Å². The molecule has 0 atom stereocenters. The van der Waals surface area contributed by atoms with E-state index in [4.69, 9.17) is 9.47 Å². The maximum atomic E-state index is 13.2. The minimum atomic E-state index is -0.178. The Kier molecular flexibility index (Phi) is 7.63. The van der Waals surface area contributed by atoms with Crippen LogP contribution in [-0.4, -0.2) is 49.8 Å². The van der Waals surface area contributed by atoms with E-state index in [9.17, 15) is 9.59 Å². The molecule has 0 spiro atoms. The van der Waals surface area contributed by atoms with Crippen molar-refractivity contribution in [3.05, 3.63) is 47.5 Å². The van der Waals surface area contributed by atoms with E-state index in [1.54, 1.807) is 12.1 Å². The quantitative estimate of drug-likeness (QED) is 0.664. The number of amides is 2. The van der Waals surface area contributed by atoms with Gasteiger partial charge in [0.1, 0.15) is 0 Å². The van der Waals surface area contributed by atoms with Gasteiger partial charge in [0.2, 0.25) is 5.91 Å². The molecule has 1 aliphatic heterocycles. The van der Waals surface area contributed by atoms with Gasteiger partial charge >= 0.3 is 0 Å². The predicted octanol–water partition coefficient (Wildman–Crippen LogP) is 4.37. The molecule has 0 saturated carbocycles. The molecule has 2 aromatic carbocycles. The van der Waals surface area contributed by atoms with Gasteiger partial charge in [0.25, 0.3) is 5.91 Å². The third-order valence-electron chi connectivity index (χ3n) is 5.12. The van der Waals surface area contributed by atoms with Gasteiger partial charge in [-0.1, -0.05) is 18.2 Å². The molecule has 2 amide bonds. The maximum absolute atomic E-state index is 13.2. The number of hydrogen-bond donors (Lipinski definition) is 1. The average molecular weight is 429 g/mol. The molecule has 0 aromatic heterocycles. The molecular formula is C23H28N2O4S. The summed E-state index contributed by atoms with van der Waals surface area (Å²) in [6, 6.07) is 11.3. The highest BCUT2D eigenvalue weighted by Crippen LogP contribution is 2.34. The number of nitrogens with zero attached hydrogens (tertiary/aromatic N) is 1. The number of benzene rings is 2. The number of carbonyl (C=O) groups is 2. The number of rotatable bonds is 7. The van der Waals surface area contributed by atoms with Crippen LogP contribution in [0.2, 0.25) is 0 Å². The number of methoxy groups -OCH3 is 2. The van der Waals surface area contributed by atoms with Crippen LogP contribution < -0.4 is 14.8 Å². The summed E-state index contributed by atoms with van der Waals surface area (Å²) in [4.78, 5) is 28.7. The Morgan fingerprint density at radius 1 is 1.03 bits per heavy atom. The largest absolute Gasteiger partial charge is 0.493 e. The van der Waals surface area contributed by atoms with Crippen molar-refractivity contribution < 1.29 is 19.1 Å². The fourth-order valence-electron chi connectivity index (χ4n) is 3.47. The SMILES string of the molecule is COc1cc(NC(=O)CSc2ccccc2C)c(C(=O)N2CCCCC2)cc1OC. The van der Waals surface area contributed by atoms with E-state index in [1.165, 1.54) is 26.0 Å². The fourth-order valence-corrected chi connectivity index (χ4v) is 4.30. The molecule has 0 unspecified atom stereocenters. The van der Waals surface area contributed by atoms with Crippen molar-refractivity contribution in [2.24, 2.45) is 0 Å².